The SMILES string of the molecule is COC1CCC/C1=C(/C)C1CCCN1. The molecule has 0 aromatic rings. The molecule has 0 aromatic heterocycles. The first kappa shape index (κ1) is 10.2. The Labute approximate surface area is 86.7 Å². The van der Waals surface area contributed by atoms with E-state index in [1.54, 1.807) is 11.1 Å². The molecule has 1 saturated heterocycles. The highest BCUT2D eigenvalue weighted by molar-refractivity contribution is 5.25. The van der Waals surface area contributed by atoms with E-state index in [-0.39, 0.29) is 0 Å². The summed E-state index contributed by atoms with van der Waals surface area (Å²) < 4.78 is 5.52. The maximum atomic E-state index is 5.52. The normalized spacial score (nSPS) is 36.4. The highest BCUT2D eigenvalue weighted by atomic mass is 16.5. The van der Waals surface area contributed by atoms with Crippen LogP contribution in [-0.4, -0.2) is 25.8 Å². The van der Waals surface area contributed by atoms with Crippen molar-refractivity contribution in [2.45, 2.75) is 51.2 Å². The highest BCUT2D eigenvalue weighted by Crippen LogP contribution is 2.32. The van der Waals surface area contributed by atoms with Crippen molar-refractivity contribution in [2.75, 3.05) is 13.7 Å². The standard InChI is InChI=1S/C12H21NO/c1-9(11-6-4-8-13-11)10-5-3-7-12(10)14-2/h11-13H,3-8H2,1-2H3/b10-9+. The van der Waals surface area contributed by atoms with Gasteiger partial charge in [-0.1, -0.05) is 5.57 Å². The van der Waals surface area contributed by atoms with Gasteiger partial charge in [-0.3, -0.25) is 0 Å². The minimum Gasteiger partial charge on any atom is -0.377 e. The van der Waals surface area contributed by atoms with Crippen molar-refractivity contribution in [3.05, 3.63) is 11.1 Å². The second-order valence-electron chi connectivity index (χ2n) is 4.47. The van der Waals surface area contributed by atoms with Gasteiger partial charge in [-0.25, -0.2) is 0 Å². The van der Waals surface area contributed by atoms with Crippen LogP contribution in [0.1, 0.15) is 39.0 Å². The Morgan fingerprint density at radius 2 is 2.21 bits per heavy atom. The van der Waals surface area contributed by atoms with E-state index < -0.39 is 0 Å². The van der Waals surface area contributed by atoms with Crippen molar-refractivity contribution < 1.29 is 4.74 Å². The van der Waals surface area contributed by atoms with Crippen molar-refractivity contribution in [1.29, 1.82) is 0 Å². The minimum atomic E-state index is 0.414. The second-order valence-corrected chi connectivity index (χ2v) is 4.47. The van der Waals surface area contributed by atoms with Crippen LogP contribution in [0, 0.1) is 0 Å². The number of hydrogen-bond donors (Lipinski definition) is 1. The van der Waals surface area contributed by atoms with E-state index in [0.717, 1.165) is 0 Å². The molecule has 1 aliphatic carbocycles. The summed E-state index contributed by atoms with van der Waals surface area (Å²) in [6.45, 7) is 3.47. The lowest BCUT2D eigenvalue weighted by atomic mass is 9.98. The summed E-state index contributed by atoms with van der Waals surface area (Å²) in [5.41, 5.74) is 3.14. The maximum absolute atomic E-state index is 5.52. The Bertz CT molecular complexity index is 228. The third kappa shape index (κ3) is 1.86. The van der Waals surface area contributed by atoms with Gasteiger partial charge >= 0.3 is 0 Å². The van der Waals surface area contributed by atoms with E-state index in [4.69, 9.17) is 4.74 Å². The molecular formula is C12H21NO. The quantitative estimate of drug-likeness (QED) is 0.682. The molecule has 1 aliphatic heterocycles. The molecule has 1 N–H and O–H groups in total. The second kappa shape index (κ2) is 4.45. The van der Waals surface area contributed by atoms with Crippen LogP contribution in [-0.2, 0) is 4.74 Å². The Kier molecular flexibility index (Phi) is 3.24. The average Bonchev–Trinajstić information content (AvgIpc) is 2.87. The predicted octanol–water partition coefficient (Wildman–Crippen LogP) is 2.25. The van der Waals surface area contributed by atoms with Crippen LogP contribution in [0.5, 0.6) is 0 Å². The summed E-state index contributed by atoms with van der Waals surface area (Å²) in [5.74, 6) is 0. The molecule has 1 saturated carbocycles. The average molecular weight is 195 g/mol. The summed E-state index contributed by atoms with van der Waals surface area (Å²) in [6, 6.07) is 0.640. The first-order valence-corrected chi connectivity index (χ1v) is 5.78. The van der Waals surface area contributed by atoms with Crippen molar-refractivity contribution in [3.63, 3.8) is 0 Å². The summed E-state index contributed by atoms with van der Waals surface area (Å²) >= 11 is 0. The van der Waals surface area contributed by atoms with Crippen molar-refractivity contribution in [1.82, 2.24) is 5.32 Å². The van der Waals surface area contributed by atoms with Gasteiger partial charge in [0.15, 0.2) is 0 Å². The van der Waals surface area contributed by atoms with E-state index in [1.165, 1.54) is 38.6 Å². The van der Waals surface area contributed by atoms with Gasteiger partial charge in [0, 0.05) is 13.2 Å². The maximum Gasteiger partial charge on any atom is 0.0784 e. The van der Waals surface area contributed by atoms with Crippen LogP contribution in [0.3, 0.4) is 0 Å². The van der Waals surface area contributed by atoms with Gasteiger partial charge in [0.2, 0.25) is 0 Å². The zero-order chi connectivity index (χ0) is 9.97. The predicted molar refractivity (Wildman–Crippen MR) is 58.4 cm³/mol. The number of ether oxygens (including phenoxy) is 1. The number of rotatable bonds is 2. The highest BCUT2D eigenvalue weighted by Gasteiger charge is 2.26. The Morgan fingerprint density at radius 1 is 1.36 bits per heavy atom. The summed E-state index contributed by atoms with van der Waals surface area (Å²) in [5, 5.41) is 3.56. The van der Waals surface area contributed by atoms with Crippen molar-refractivity contribution in [2.24, 2.45) is 0 Å². The fourth-order valence-corrected chi connectivity index (χ4v) is 2.80. The first-order valence-electron chi connectivity index (χ1n) is 5.78. The fraction of sp³-hybridized carbons (Fsp3) is 0.833. The van der Waals surface area contributed by atoms with Crippen LogP contribution in [0.25, 0.3) is 0 Å². The molecule has 0 radical (unpaired) electrons. The Balaban J connectivity index is 2.11. The van der Waals surface area contributed by atoms with Crippen molar-refractivity contribution >= 4 is 0 Å². The van der Waals surface area contributed by atoms with Gasteiger partial charge in [-0.2, -0.15) is 0 Å². The molecular weight excluding hydrogens is 174 g/mol. The molecule has 0 bridgehead atoms. The van der Waals surface area contributed by atoms with E-state index in [9.17, 15) is 0 Å². The molecule has 2 unspecified atom stereocenters. The largest absolute Gasteiger partial charge is 0.377 e. The van der Waals surface area contributed by atoms with Gasteiger partial charge < -0.3 is 10.1 Å². The van der Waals surface area contributed by atoms with E-state index >= 15 is 0 Å². The molecule has 2 nitrogen and oxygen atoms in total. The number of nitrogens with one attached hydrogen (secondary N) is 1. The summed E-state index contributed by atoms with van der Waals surface area (Å²) in [7, 11) is 1.84. The summed E-state index contributed by atoms with van der Waals surface area (Å²) in [6.07, 6.45) is 6.83. The van der Waals surface area contributed by atoms with Gasteiger partial charge in [0.05, 0.1) is 6.10 Å². The lowest BCUT2D eigenvalue weighted by Crippen LogP contribution is -2.25. The van der Waals surface area contributed by atoms with E-state index in [2.05, 4.69) is 12.2 Å². The molecule has 0 aromatic carbocycles. The molecule has 80 valence electrons. The van der Waals surface area contributed by atoms with Crippen LogP contribution >= 0.6 is 0 Å². The molecule has 14 heavy (non-hydrogen) atoms. The molecule has 1 heterocycles. The lowest BCUT2D eigenvalue weighted by molar-refractivity contribution is 0.135. The molecule has 0 amide bonds. The van der Waals surface area contributed by atoms with Crippen LogP contribution < -0.4 is 5.32 Å². The monoisotopic (exact) mass is 195 g/mol. The molecule has 0 spiro atoms. The zero-order valence-electron chi connectivity index (χ0n) is 9.31. The fourth-order valence-electron chi connectivity index (χ4n) is 2.80. The number of methoxy groups -OCH3 is 1. The number of hydrogen-bond acceptors (Lipinski definition) is 2. The third-order valence-electron chi connectivity index (χ3n) is 3.68. The minimum absolute atomic E-state index is 0.414. The smallest absolute Gasteiger partial charge is 0.0784 e. The zero-order valence-corrected chi connectivity index (χ0v) is 9.31. The van der Waals surface area contributed by atoms with Gasteiger partial charge in [-0.05, 0) is 51.1 Å². The van der Waals surface area contributed by atoms with Gasteiger partial charge in [0.25, 0.3) is 0 Å². The van der Waals surface area contributed by atoms with E-state index in [1.807, 2.05) is 7.11 Å². The Morgan fingerprint density at radius 3 is 2.86 bits per heavy atom. The van der Waals surface area contributed by atoms with Crippen LogP contribution in [0.2, 0.25) is 0 Å². The van der Waals surface area contributed by atoms with Crippen LogP contribution in [0.4, 0.5) is 0 Å². The van der Waals surface area contributed by atoms with E-state index in [0.29, 0.717) is 12.1 Å². The van der Waals surface area contributed by atoms with Gasteiger partial charge in [-0.15, -0.1) is 0 Å². The molecule has 2 fully saturated rings. The lowest BCUT2D eigenvalue weighted by Gasteiger charge is -2.18. The topological polar surface area (TPSA) is 21.3 Å². The molecule has 2 atom stereocenters. The molecule has 2 rings (SSSR count). The molecule has 2 aliphatic rings. The first-order chi connectivity index (χ1) is 6.83. The Hall–Kier alpha value is -0.340. The molecule has 2 heteroatoms. The third-order valence-corrected chi connectivity index (χ3v) is 3.68. The van der Waals surface area contributed by atoms with Gasteiger partial charge in [0.1, 0.15) is 0 Å². The van der Waals surface area contributed by atoms with Crippen molar-refractivity contribution in [3.8, 4) is 0 Å². The van der Waals surface area contributed by atoms with Crippen LogP contribution in [0.15, 0.2) is 11.1 Å². The summed E-state index contributed by atoms with van der Waals surface area (Å²) in [4.78, 5) is 0.